The summed E-state index contributed by atoms with van der Waals surface area (Å²) in [6.07, 6.45) is 0. The molecule has 0 spiro atoms. The molecule has 1 rings (SSSR count). The zero-order chi connectivity index (χ0) is 12.0. The van der Waals surface area contributed by atoms with Crippen LogP contribution in [0.2, 0.25) is 5.02 Å². The Morgan fingerprint density at radius 3 is 2.88 bits per heavy atom. The number of hydrogen-bond donors (Lipinski definition) is 1. The van der Waals surface area contributed by atoms with Gasteiger partial charge in [-0.3, -0.25) is 4.79 Å². The summed E-state index contributed by atoms with van der Waals surface area (Å²) in [6, 6.07) is 5.14. The number of benzene rings is 1. The molecule has 88 valence electrons. The van der Waals surface area contributed by atoms with Gasteiger partial charge in [-0.15, -0.1) is 0 Å². The van der Waals surface area contributed by atoms with Crippen molar-refractivity contribution in [3.63, 3.8) is 0 Å². The molecule has 0 bridgehead atoms. The van der Waals surface area contributed by atoms with Crippen molar-refractivity contribution < 1.29 is 14.3 Å². The zero-order valence-electron chi connectivity index (χ0n) is 9.25. The van der Waals surface area contributed by atoms with Gasteiger partial charge in [0.15, 0.2) is 0 Å². The summed E-state index contributed by atoms with van der Waals surface area (Å²) in [6.45, 7) is 2.22. The Hall–Kier alpha value is -1.42. The quantitative estimate of drug-likeness (QED) is 0.807. The van der Waals surface area contributed by atoms with Crippen LogP contribution in [0, 0.1) is 0 Å². The fraction of sp³-hybridized carbons (Fsp3) is 0.364. The number of halogens is 1. The zero-order valence-corrected chi connectivity index (χ0v) is 10.0. The highest BCUT2D eigenvalue weighted by molar-refractivity contribution is 6.30. The summed E-state index contributed by atoms with van der Waals surface area (Å²) >= 11 is 5.84. The Morgan fingerprint density at radius 2 is 2.25 bits per heavy atom. The predicted molar refractivity (Wildman–Crippen MR) is 63.1 cm³/mol. The topological polar surface area (TPSA) is 47.6 Å². The minimum absolute atomic E-state index is 0.0878. The standard InChI is InChI=1S/C11H14ClNO3/c1-3-16-11(14)7-13-9-6-8(12)4-5-10(9)15-2/h4-6,13H,3,7H2,1-2H3. The highest BCUT2D eigenvalue weighted by Gasteiger charge is 2.06. The van der Waals surface area contributed by atoms with Crippen molar-refractivity contribution in [2.24, 2.45) is 0 Å². The molecule has 1 N–H and O–H groups in total. The van der Waals surface area contributed by atoms with E-state index in [4.69, 9.17) is 21.1 Å². The van der Waals surface area contributed by atoms with Crippen LogP contribution in [0.15, 0.2) is 18.2 Å². The highest BCUT2D eigenvalue weighted by Crippen LogP contribution is 2.27. The van der Waals surface area contributed by atoms with Crippen LogP contribution in [0.1, 0.15) is 6.92 Å². The fourth-order valence-electron chi connectivity index (χ4n) is 1.20. The van der Waals surface area contributed by atoms with Gasteiger partial charge < -0.3 is 14.8 Å². The van der Waals surface area contributed by atoms with Gasteiger partial charge in [-0.05, 0) is 25.1 Å². The Kier molecular flexibility index (Phi) is 4.92. The molecule has 0 saturated carbocycles. The first-order valence-corrected chi connectivity index (χ1v) is 5.28. The first-order chi connectivity index (χ1) is 7.67. The van der Waals surface area contributed by atoms with Crippen molar-refractivity contribution in [2.45, 2.75) is 6.92 Å². The number of methoxy groups -OCH3 is 1. The molecular weight excluding hydrogens is 230 g/mol. The average Bonchev–Trinajstić information content (AvgIpc) is 2.27. The minimum Gasteiger partial charge on any atom is -0.495 e. The maximum absolute atomic E-state index is 11.1. The van der Waals surface area contributed by atoms with Crippen molar-refractivity contribution in [3.8, 4) is 5.75 Å². The highest BCUT2D eigenvalue weighted by atomic mass is 35.5. The summed E-state index contributed by atoms with van der Waals surface area (Å²) in [7, 11) is 1.55. The van der Waals surface area contributed by atoms with E-state index in [1.54, 1.807) is 32.2 Å². The van der Waals surface area contributed by atoms with Crippen LogP contribution < -0.4 is 10.1 Å². The Balaban J connectivity index is 2.65. The molecule has 0 amide bonds. The number of carbonyl (C=O) groups is 1. The molecule has 0 aliphatic rings. The van der Waals surface area contributed by atoms with Crippen LogP contribution in [-0.4, -0.2) is 26.2 Å². The molecule has 1 aromatic rings. The molecule has 0 radical (unpaired) electrons. The van der Waals surface area contributed by atoms with E-state index in [-0.39, 0.29) is 12.5 Å². The van der Waals surface area contributed by atoms with E-state index >= 15 is 0 Å². The summed E-state index contributed by atoms with van der Waals surface area (Å²) in [5, 5.41) is 3.48. The van der Waals surface area contributed by atoms with E-state index in [2.05, 4.69) is 5.32 Å². The van der Waals surface area contributed by atoms with Crippen LogP contribution in [0.3, 0.4) is 0 Å². The van der Waals surface area contributed by atoms with Crippen LogP contribution in [0.4, 0.5) is 5.69 Å². The van der Waals surface area contributed by atoms with Crippen molar-refractivity contribution in [1.29, 1.82) is 0 Å². The lowest BCUT2D eigenvalue weighted by molar-refractivity contribution is -0.140. The molecule has 16 heavy (non-hydrogen) atoms. The number of anilines is 1. The van der Waals surface area contributed by atoms with Crippen LogP contribution in [0.5, 0.6) is 5.75 Å². The average molecular weight is 244 g/mol. The molecule has 4 nitrogen and oxygen atoms in total. The van der Waals surface area contributed by atoms with Gasteiger partial charge in [0.05, 0.1) is 19.4 Å². The number of esters is 1. The van der Waals surface area contributed by atoms with Crippen LogP contribution in [0.25, 0.3) is 0 Å². The van der Waals surface area contributed by atoms with Gasteiger partial charge in [-0.2, -0.15) is 0 Å². The second-order valence-electron chi connectivity index (χ2n) is 3.00. The predicted octanol–water partition coefficient (Wildman–Crippen LogP) is 2.32. The summed E-state index contributed by atoms with van der Waals surface area (Å²) in [5.41, 5.74) is 0.669. The van der Waals surface area contributed by atoms with Gasteiger partial charge in [-0.1, -0.05) is 11.6 Å². The van der Waals surface area contributed by atoms with E-state index in [1.165, 1.54) is 0 Å². The molecule has 0 saturated heterocycles. The van der Waals surface area contributed by atoms with Crippen molar-refractivity contribution in [1.82, 2.24) is 0 Å². The molecule has 0 aliphatic carbocycles. The Morgan fingerprint density at radius 1 is 1.50 bits per heavy atom. The van der Waals surface area contributed by atoms with Crippen molar-refractivity contribution in [2.75, 3.05) is 25.6 Å². The summed E-state index contributed by atoms with van der Waals surface area (Å²) < 4.78 is 9.91. The fourth-order valence-corrected chi connectivity index (χ4v) is 1.37. The van der Waals surface area contributed by atoms with Gasteiger partial charge in [0.25, 0.3) is 0 Å². The third kappa shape index (κ3) is 3.62. The molecule has 0 heterocycles. The molecule has 0 aliphatic heterocycles. The van der Waals surface area contributed by atoms with E-state index in [0.29, 0.717) is 23.1 Å². The minimum atomic E-state index is -0.315. The largest absolute Gasteiger partial charge is 0.495 e. The second-order valence-corrected chi connectivity index (χ2v) is 3.44. The Labute approximate surface area is 99.5 Å². The maximum atomic E-state index is 11.1. The molecule has 1 aromatic carbocycles. The monoisotopic (exact) mass is 243 g/mol. The second kappa shape index (κ2) is 6.23. The molecule has 0 fully saturated rings. The van der Waals surface area contributed by atoms with E-state index < -0.39 is 0 Å². The van der Waals surface area contributed by atoms with E-state index in [1.807, 2.05) is 0 Å². The van der Waals surface area contributed by atoms with E-state index in [0.717, 1.165) is 0 Å². The van der Waals surface area contributed by atoms with Crippen LogP contribution >= 0.6 is 11.6 Å². The van der Waals surface area contributed by atoms with Gasteiger partial charge in [0, 0.05) is 5.02 Å². The molecule has 0 unspecified atom stereocenters. The molecular formula is C11H14ClNO3. The lowest BCUT2D eigenvalue weighted by Gasteiger charge is -2.10. The lowest BCUT2D eigenvalue weighted by Crippen LogP contribution is -2.17. The van der Waals surface area contributed by atoms with Gasteiger partial charge in [0.1, 0.15) is 12.3 Å². The van der Waals surface area contributed by atoms with Gasteiger partial charge >= 0.3 is 5.97 Å². The third-order valence-corrected chi connectivity index (χ3v) is 2.13. The van der Waals surface area contributed by atoms with E-state index in [9.17, 15) is 4.79 Å². The van der Waals surface area contributed by atoms with Crippen molar-refractivity contribution in [3.05, 3.63) is 23.2 Å². The maximum Gasteiger partial charge on any atom is 0.325 e. The summed E-state index contributed by atoms with van der Waals surface area (Å²) in [5.74, 6) is 0.318. The lowest BCUT2D eigenvalue weighted by atomic mass is 10.3. The molecule has 0 aromatic heterocycles. The normalized spacial score (nSPS) is 9.69. The molecule has 0 atom stereocenters. The first kappa shape index (κ1) is 12.6. The number of carbonyl (C=O) groups excluding carboxylic acids is 1. The number of hydrogen-bond acceptors (Lipinski definition) is 4. The number of nitrogens with one attached hydrogen (secondary N) is 1. The smallest absolute Gasteiger partial charge is 0.325 e. The SMILES string of the molecule is CCOC(=O)CNc1cc(Cl)ccc1OC. The number of ether oxygens (including phenoxy) is 2. The number of rotatable bonds is 5. The van der Waals surface area contributed by atoms with Crippen molar-refractivity contribution >= 4 is 23.3 Å². The van der Waals surface area contributed by atoms with Crippen LogP contribution in [-0.2, 0) is 9.53 Å². The molecule has 5 heteroatoms. The Bertz CT molecular complexity index is 368. The first-order valence-electron chi connectivity index (χ1n) is 4.90. The third-order valence-electron chi connectivity index (χ3n) is 1.89. The van der Waals surface area contributed by atoms with Gasteiger partial charge in [0.2, 0.25) is 0 Å². The summed E-state index contributed by atoms with van der Waals surface area (Å²) in [4.78, 5) is 11.1. The van der Waals surface area contributed by atoms with Gasteiger partial charge in [-0.25, -0.2) is 0 Å².